The van der Waals surface area contributed by atoms with Gasteiger partial charge in [0.05, 0.1) is 11.3 Å². The molecule has 0 atom stereocenters. The predicted molar refractivity (Wildman–Crippen MR) is 64.0 cm³/mol. The molecule has 8 heteroatoms. The number of carbonyl (C=O) groups is 1. The largest absolute Gasteiger partial charge is 0.435 e. The number of alkyl halides is 3. The van der Waals surface area contributed by atoms with Gasteiger partial charge in [0.15, 0.2) is 12.0 Å². The van der Waals surface area contributed by atoms with Gasteiger partial charge in [-0.2, -0.15) is 18.3 Å². The Kier molecular flexibility index (Phi) is 3.56. The molecule has 0 spiro atoms. The molecule has 0 N–H and O–H groups in total. The Morgan fingerprint density at radius 1 is 1.16 bits per heavy atom. The van der Waals surface area contributed by atoms with Gasteiger partial charge in [0.2, 0.25) is 0 Å². The van der Waals surface area contributed by atoms with Crippen LogP contribution in [0.1, 0.15) is 16.1 Å². The summed E-state index contributed by atoms with van der Waals surface area (Å²) in [5.41, 5.74) is -1.74. The number of rotatable bonds is 2. The summed E-state index contributed by atoms with van der Waals surface area (Å²) in [6, 6.07) is 5.83. The van der Waals surface area contributed by atoms with Crippen LogP contribution in [0.2, 0.25) is 10.2 Å². The van der Waals surface area contributed by atoms with Crippen LogP contribution in [-0.2, 0) is 6.18 Å². The van der Waals surface area contributed by atoms with Crippen molar-refractivity contribution in [3.05, 3.63) is 45.7 Å². The van der Waals surface area contributed by atoms with Gasteiger partial charge in [0.25, 0.3) is 0 Å². The van der Waals surface area contributed by atoms with Crippen LogP contribution in [0, 0.1) is 0 Å². The van der Waals surface area contributed by atoms with Crippen molar-refractivity contribution in [2.45, 2.75) is 6.18 Å². The van der Waals surface area contributed by atoms with E-state index in [0.29, 0.717) is 5.02 Å². The van der Waals surface area contributed by atoms with Crippen molar-refractivity contribution in [2.24, 2.45) is 0 Å². The average Bonchev–Trinajstić information content (AvgIpc) is 2.67. The SMILES string of the molecule is O=Cc1c(C(F)(F)F)nn(-c2ccc(Cl)cc2)c1Cl. The summed E-state index contributed by atoms with van der Waals surface area (Å²) in [4.78, 5) is 10.7. The molecule has 1 heterocycles. The van der Waals surface area contributed by atoms with E-state index in [1.807, 2.05) is 0 Å². The Morgan fingerprint density at radius 3 is 2.16 bits per heavy atom. The van der Waals surface area contributed by atoms with Gasteiger partial charge in [0, 0.05) is 5.02 Å². The van der Waals surface area contributed by atoms with Crippen LogP contribution in [0.15, 0.2) is 24.3 Å². The highest BCUT2D eigenvalue weighted by Gasteiger charge is 2.39. The summed E-state index contributed by atoms with van der Waals surface area (Å²) in [5.74, 6) is 0. The molecule has 0 aliphatic rings. The minimum atomic E-state index is -4.75. The van der Waals surface area contributed by atoms with Gasteiger partial charge in [-0.05, 0) is 24.3 Å². The molecule has 0 fully saturated rings. The summed E-state index contributed by atoms with van der Waals surface area (Å²) in [6.07, 6.45) is -4.72. The first-order valence-corrected chi connectivity index (χ1v) is 5.67. The molecule has 2 rings (SSSR count). The van der Waals surface area contributed by atoms with Crippen molar-refractivity contribution >= 4 is 29.5 Å². The number of halogens is 5. The number of hydrogen-bond donors (Lipinski definition) is 0. The van der Waals surface area contributed by atoms with E-state index >= 15 is 0 Å². The van der Waals surface area contributed by atoms with Crippen LogP contribution in [0.25, 0.3) is 5.69 Å². The molecule has 19 heavy (non-hydrogen) atoms. The highest BCUT2D eigenvalue weighted by Crippen LogP contribution is 2.34. The summed E-state index contributed by atoms with van der Waals surface area (Å²) in [6.45, 7) is 0. The van der Waals surface area contributed by atoms with Crippen molar-refractivity contribution in [3.8, 4) is 5.69 Å². The molecule has 0 aliphatic carbocycles. The molecular formula is C11H5Cl2F3N2O. The molecule has 0 amide bonds. The number of aldehydes is 1. The summed E-state index contributed by atoms with van der Waals surface area (Å²) >= 11 is 11.4. The topological polar surface area (TPSA) is 34.9 Å². The average molecular weight is 309 g/mol. The summed E-state index contributed by atoms with van der Waals surface area (Å²) in [7, 11) is 0. The van der Waals surface area contributed by atoms with Gasteiger partial charge in [0.1, 0.15) is 5.15 Å². The molecule has 2 aromatic rings. The quantitative estimate of drug-likeness (QED) is 0.786. The van der Waals surface area contributed by atoms with Gasteiger partial charge in [-0.15, -0.1) is 0 Å². The smallest absolute Gasteiger partial charge is 0.298 e. The standard InChI is InChI=1S/C11H5Cl2F3N2O/c12-6-1-3-7(4-2-6)18-10(13)8(5-19)9(17-18)11(14,15)16/h1-5H. The Balaban J connectivity index is 2.63. The molecule has 0 saturated heterocycles. The van der Waals surface area contributed by atoms with E-state index in [1.54, 1.807) is 0 Å². The first-order valence-electron chi connectivity index (χ1n) is 4.91. The van der Waals surface area contributed by atoms with Crippen LogP contribution in [0.5, 0.6) is 0 Å². The van der Waals surface area contributed by atoms with Gasteiger partial charge in [-0.25, -0.2) is 4.68 Å². The van der Waals surface area contributed by atoms with Crippen LogP contribution in [0.3, 0.4) is 0 Å². The maximum Gasteiger partial charge on any atom is 0.435 e. The molecule has 0 radical (unpaired) electrons. The van der Waals surface area contributed by atoms with Crippen molar-refractivity contribution < 1.29 is 18.0 Å². The maximum absolute atomic E-state index is 12.7. The van der Waals surface area contributed by atoms with Crippen LogP contribution in [-0.4, -0.2) is 16.1 Å². The number of carbonyl (C=O) groups excluding carboxylic acids is 1. The third kappa shape index (κ3) is 2.59. The predicted octanol–water partition coefficient (Wildman–Crippen LogP) is 4.01. The minimum Gasteiger partial charge on any atom is -0.298 e. The van der Waals surface area contributed by atoms with Crippen LogP contribution >= 0.6 is 23.2 Å². The zero-order chi connectivity index (χ0) is 14.2. The fourth-order valence-electron chi connectivity index (χ4n) is 1.48. The Hall–Kier alpha value is -1.53. The number of nitrogens with zero attached hydrogens (tertiary/aromatic N) is 2. The third-order valence-corrected chi connectivity index (χ3v) is 2.94. The number of benzene rings is 1. The molecule has 0 aliphatic heterocycles. The van der Waals surface area contributed by atoms with E-state index in [2.05, 4.69) is 5.10 Å². The van der Waals surface area contributed by atoms with Gasteiger partial charge < -0.3 is 0 Å². The van der Waals surface area contributed by atoms with E-state index in [-0.39, 0.29) is 12.0 Å². The van der Waals surface area contributed by atoms with E-state index < -0.39 is 22.6 Å². The lowest BCUT2D eigenvalue weighted by molar-refractivity contribution is -0.141. The molecule has 0 unspecified atom stereocenters. The number of hydrogen-bond acceptors (Lipinski definition) is 2. The lowest BCUT2D eigenvalue weighted by Gasteiger charge is -2.03. The molecular weight excluding hydrogens is 304 g/mol. The molecule has 0 bridgehead atoms. The maximum atomic E-state index is 12.7. The monoisotopic (exact) mass is 308 g/mol. The molecule has 1 aromatic carbocycles. The van der Waals surface area contributed by atoms with Crippen LogP contribution < -0.4 is 0 Å². The van der Waals surface area contributed by atoms with E-state index in [4.69, 9.17) is 23.2 Å². The third-order valence-electron chi connectivity index (χ3n) is 2.32. The van der Waals surface area contributed by atoms with E-state index in [1.165, 1.54) is 24.3 Å². The molecule has 0 saturated carbocycles. The Bertz CT molecular complexity index is 620. The molecule has 100 valence electrons. The van der Waals surface area contributed by atoms with Gasteiger partial charge in [-0.3, -0.25) is 4.79 Å². The lowest BCUT2D eigenvalue weighted by atomic mass is 10.2. The normalized spacial score (nSPS) is 11.6. The second-order valence-electron chi connectivity index (χ2n) is 3.56. The fraction of sp³-hybridized carbons (Fsp3) is 0.0909. The zero-order valence-electron chi connectivity index (χ0n) is 9.08. The van der Waals surface area contributed by atoms with Crippen molar-refractivity contribution in [1.29, 1.82) is 0 Å². The highest BCUT2D eigenvalue weighted by molar-refractivity contribution is 6.32. The molecule has 1 aromatic heterocycles. The second-order valence-corrected chi connectivity index (χ2v) is 4.35. The Morgan fingerprint density at radius 2 is 1.74 bits per heavy atom. The van der Waals surface area contributed by atoms with Gasteiger partial charge >= 0.3 is 6.18 Å². The van der Waals surface area contributed by atoms with Crippen molar-refractivity contribution in [2.75, 3.05) is 0 Å². The van der Waals surface area contributed by atoms with Gasteiger partial charge in [-0.1, -0.05) is 23.2 Å². The molecule has 3 nitrogen and oxygen atoms in total. The lowest BCUT2D eigenvalue weighted by Crippen LogP contribution is -2.09. The van der Waals surface area contributed by atoms with Crippen LogP contribution in [0.4, 0.5) is 13.2 Å². The zero-order valence-corrected chi connectivity index (χ0v) is 10.6. The van der Waals surface area contributed by atoms with Crippen molar-refractivity contribution in [3.63, 3.8) is 0 Å². The number of aromatic nitrogens is 2. The van der Waals surface area contributed by atoms with E-state index in [0.717, 1.165) is 4.68 Å². The fourth-order valence-corrected chi connectivity index (χ4v) is 1.87. The highest BCUT2D eigenvalue weighted by atomic mass is 35.5. The summed E-state index contributed by atoms with van der Waals surface area (Å²) < 4.78 is 38.9. The second kappa shape index (κ2) is 4.86. The first kappa shape index (κ1) is 13.9. The van der Waals surface area contributed by atoms with Crippen molar-refractivity contribution in [1.82, 2.24) is 9.78 Å². The summed E-state index contributed by atoms with van der Waals surface area (Å²) in [5, 5.41) is 3.35. The Labute approximate surface area is 115 Å². The van der Waals surface area contributed by atoms with E-state index in [9.17, 15) is 18.0 Å². The minimum absolute atomic E-state index is 0.0323. The first-order chi connectivity index (χ1) is 8.84.